The van der Waals surface area contributed by atoms with Gasteiger partial charge in [-0.15, -0.1) is 0 Å². The van der Waals surface area contributed by atoms with Crippen LogP contribution in [-0.2, 0) is 6.42 Å². The lowest BCUT2D eigenvalue weighted by atomic mass is 9.84. The third kappa shape index (κ3) is 4.39. The predicted molar refractivity (Wildman–Crippen MR) is 110 cm³/mol. The largest absolute Gasteiger partial charge is 0.356 e. The van der Waals surface area contributed by atoms with Crippen molar-refractivity contribution in [2.45, 2.75) is 38.0 Å². The Morgan fingerprint density at radius 2 is 2.07 bits per heavy atom. The first kappa shape index (κ1) is 19.0. The highest BCUT2D eigenvalue weighted by molar-refractivity contribution is 6.08. The number of pyridine rings is 2. The van der Waals surface area contributed by atoms with Gasteiger partial charge < -0.3 is 10.3 Å². The highest BCUT2D eigenvalue weighted by Gasteiger charge is 2.20. The van der Waals surface area contributed by atoms with E-state index < -0.39 is 5.56 Å². The van der Waals surface area contributed by atoms with Crippen LogP contribution < -0.4 is 10.9 Å². The van der Waals surface area contributed by atoms with Crippen molar-refractivity contribution in [1.82, 2.24) is 19.9 Å². The van der Waals surface area contributed by atoms with Gasteiger partial charge in [-0.3, -0.25) is 19.6 Å². The molecule has 0 spiro atoms. The van der Waals surface area contributed by atoms with Crippen LogP contribution >= 0.6 is 0 Å². The minimum Gasteiger partial charge on any atom is -0.356 e. The van der Waals surface area contributed by atoms with Crippen LogP contribution in [0.4, 0.5) is 5.95 Å². The second kappa shape index (κ2) is 8.77. The van der Waals surface area contributed by atoms with Gasteiger partial charge >= 0.3 is 0 Å². The Labute approximate surface area is 168 Å². The summed E-state index contributed by atoms with van der Waals surface area (Å²) in [5, 5.41) is 3.15. The molecule has 4 rings (SSSR count). The topological polar surface area (TPSA) is 101 Å². The van der Waals surface area contributed by atoms with E-state index in [1.807, 2.05) is 12.3 Å². The number of hydrogen-bond donors (Lipinski definition) is 2. The summed E-state index contributed by atoms with van der Waals surface area (Å²) in [6.07, 6.45) is 11.8. The number of aryl methyl sites for hydroxylation is 1. The van der Waals surface area contributed by atoms with Crippen molar-refractivity contribution >= 4 is 11.7 Å². The molecular weight excluding hydrogens is 366 g/mol. The Kier molecular flexibility index (Phi) is 5.74. The van der Waals surface area contributed by atoms with Crippen molar-refractivity contribution in [3.63, 3.8) is 0 Å². The molecule has 1 atom stereocenters. The molecule has 0 radical (unpaired) electrons. The van der Waals surface area contributed by atoms with E-state index in [0.29, 0.717) is 24.0 Å². The molecule has 0 fully saturated rings. The van der Waals surface area contributed by atoms with E-state index in [1.165, 1.54) is 42.7 Å². The number of rotatable bonds is 7. The highest BCUT2D eigenvalue weighted by Crippen LogP contribution is 2.32. The summed E-state index contributed by atoms with van der Waals surface area (Å²) < 4.78 is 0. The first-order valence-corrected chi connectivity index (χ1v) is 9.94. The van der Waals surface area contributed by atoms with E-state index >= 15 is 0 Å². The van der Waals surface area contributed by atoms with Gasteiger partial charge in [-0.25, -0.2) is 0 Å². The molecule has 0 bridgehead atoms. The summed E-state index contributed by atoms with van der Waals surface area (Å²) in [7, 11) is 0. The lowest BCUT2D eigenvalue weighted by Gasteiger charge is -2.24. The van der Waals surface area contributed by atoms with Gasteiger partial charge in [-0.1, -0.05) is 6.07 Å². The molecule has 0 aliphatic heterocycles. The van der Waals surface area contributed by atoms with Crippen LogP contribution in [0.5, 0.6) is 0 Å². The maximum absolute atomic E-state index is 12.4. The molecule has 29 heavy (non-hydrogen) atoms. The zero-order valence-corrected chi connectivity index (χ0v) is 16.1. The molecule has 7 nitrogen and oxygen atoms in total. The Balaban J connectivity index is 1.33. The lowest BCUT2D eigenvalue weighted by molar-refractivity contribution is 0.103. The number of nitrogens with zero attached hydrogens (tertiary/aromatic N) is 3. The fraction of sp³-hybridized carbons (Fsp3) is 0.318. The number of aromatic amines is 1. The van der Waals surface area contributed by atoms with E-state index in [1.54, 1.807) is 12.1 Å². The van der Waals surface area contributed by atoms with Crippen molar-refractivity contribution in [3.8, 4) is 0 Å². The van der Waals surface area contributed by atoms with E-state index in [2.05, 4.69) is 31.3 Å². The van der Waals surface area contributed by atoms with Crippen LogP contribution in [0.25, 0.3) is 0 Å². The Bertz CT molecular complexity index is 1050. The molecule has 148 valence electrons. The van der Waals surface area contributed by atoms with Crippen molar-refractivity contribution in [2.75, 3.05) is 11.9 Å². The molecule has 2 N–H and O–H groups in total. The average molecular weight is 389 g/mol. The number of carbonyl (C=O) groups is 1. The monoisotopic (exact) mass is 389 g/mol. The van der Waals surface area contributed by atoms with Crippen molar-refractivity contribution in [1.29, 1.82) is 0 Å². The Hall–Kier alpha value is -3.35. The first-order chi connectivity index (χ1) is 14.2. The first-order valence-electron chi connectivity index (χ1n) is 9.94. The van der Waals surface area contributed by atoms with Gasteiger partial charge in [-0.05, 0) is 55.9 Å². The van der Waals surface area contributed by atoms with Crippen molar-refractivity contribution < 1.29 is 4.79 Å². The molecule has 0 saturated heterocycles. The van der Waals surface area contributed by atoms with Gasteiger partial charge in [0.15, 0.2) is 5.78 Å². The van der Waals surface area contributed by atoms with Crippen LogP contribution in [0, 0.1) is 0 Å². The second-order valence-electron chi connectivity index (χ2n) is 7.24. The summed E-state index contributed by atoms with van der Waals surface area (Å²) in [5.74, 6) is 0.508. The van der Waals surface area contributed by atoms with E-state index in [9.17, 15) is 9.59 Å². The van der Waals surface area contributed by atoms with Crippen LogP contribution in [0.15, 0.2) is 53.8 Å². The molecule has 3 heterocycles. The lowest BCUT2D eigenvalue weighted by Crippen LogP contribution is -2.21. The van der Waals surface area contributed by atoms with Crippen LogP contribution in [0.3, 0.4) is 0 Å². The number of carbonyl (C=O) groups excluding carboxylic acids is 1. The zero-order valence-electron chi connectivity index (χ0n) is 16.1. The summed E-state index contributed by atoms with van der Waals surface area (Å²) in [4.78, 5) is 40.0. The van der Waals surface area contributed by atoms with Gasteiger partial charge in [0.05, 0.1) is 0 Å². The fourth-order valence-corrected chi connectivity index (χ4v) is 3.85. The SMILES string of the molecule is O=C(c1ccncc1)c1c[nH]c(NCCCC2CCCc3cccnc32)nc1=O. The van der Waals surface area contributed by atoms with Crippen LogP contribution in [0.2, 0.25) is 0 Å². The number of anilines is 1. The minimum atomic E-state index is -0.543. The summed E-state index contributed by atoms with van der Waals surface area (Å²) in [6, 6.07) is 7.34. The van der Waals surface area contributed by atoms with Gasteiger partial charge in [0, 0.05) is 48.5 Å². The van der Waals surface area contributed by atoms with Gasteiger partial charge in [0.1, 0.15) is 5.56 Å². The number of nitrogens with one attached hydrogen (secondary N) is 2. The van der Waals surface area contributed by atoms with E-state index in [4.69, 9.17) is 0 Å². The summed E-state index contributed by atoms with van der Waals surface area (Å²) >= 11 is 0. The number of aromatic nitrogens is 4. The molecule has 1 aliphatic rings. The molecule has 0 amide bonds. The maximum Gasteiger partial charge on any atom is 0.285 e. The smallest absolute Gasteiger partial charge is 0.285 e. The van der Waals surface area contributed by atoms with Crippen molar-refractivity contribution in [2.24, 2.45) is 0 Å². The third-order valence-corrected chi connectivity index (χ3v) is 5.32. The molecular formula is C22H23N5O2. The Morgan fingerprint density at radius 1 is 1.21 bits per heavy atom. The molecule has 3 aromatic rings. The highest BCUT2D eigenvalue weighted by atomic mass is 16.1. The van der Waals surface area contributed by atoms with Crippen molar-refractivity contribution in [3.05, 3.63) is 81.8 Å². The normalized spacial score (nSPS) is 15.5. The average Bonchev–Trinajstić information content (AvgIpc) is 2.77. The molecule has 0 aromatic carbocycles. The molecule has 1 aliphatic carbocycles. The van der Waals surface area contributed by atoms with Gasteiger partial charge in [0.25, 0.3) is 5.56 Å². The number of ketones is 1. The van der Waals surface area contributed by atoms with Crippen LogP contribution in [0.1, 0.15) is 58.8 Å². The molecule has 3 aromatic heterocycles. The van der Waals surface area contributed by atoms with Gasteiger partial charge in [0.2, 0.25) is 5.95 Å². The number of fused-ring (bicyclic) bond motifs is 1. The van der Waals surface area contributed by atoms with E-state index in [0.717, 1.165) is 19.3 Å². The van der Waals surface area contributed by atoms with Crippen LogP contribution in [-0.4, -0.2) is 32.3 Å². The fourth-order valence-electron chi connectivity index (χ4n) is 3.85. The predicted octanol–water partition coefficient (Wildman–Crippen LogP) is 3.10. The van der Waals surface area contributed by atoms with E-state index in [-0.39, 0.29) is 11.3 Å². The number of H-pyrrole nitrogens is 1. The van der Waals surface area contributed by atoms with Gasteiger partial charge in [-0.2, -0.15) is 4.98 Å². The molecule has 7 heteroatoms. The summed E-state index contributed by atoms with van der Waals surface area (Å²) in [5.41, 5.74) is 2.50. The quantitative estimate of drug-likeness (QED) is 0.476. The Morgan fingerprint density at radius 3 is 2.90 bits per heavy atom. The minimum absolute atomic E-state index is 0.0200. The maximum atomic E-state index is 12.4. The zero-order chi connectivity index (χ0) is 20.1. The second-order valence-corrected chi connectivity index (χ2v) is 7.24. The summed E-state index contributed by atoms with van der Waals surface area (Å²) in [6.45, 7) is 0.694. The standard InChI is InChI=1S/C22H23N5O2/c28-20(17-8-12-23-13-9-17)18-14-26-22(27-21(18)29)25-11-3-7-16-5-1-4-15-6-2-10-24-19(15)16/h2,6,8-10,12-14,16H,1,3-5,7,11H2,(H2,25,26,27,29). The number of hydrogen-bond acceptors (Lipinski definition) is 6. The molecule has 0 saturated carbocycles. The molecule has 1 unspecified atom stereocenters. The third-order valence-electron chi connectivity index (χ3n) is 5.32.